The molecular formula is C16H19N5O3S. The Morgan fingerprint density at radius 3 is 2.68 bits per heavy atom. The van der Waals surface area contributed by atoms with Crippen LogP contribution in [0.1, 0.15) is 36.3 Å². The summed E-state index contributed by atoms with van der Waals surface area (Å²) in [6.45, 7) is 6.32. The van der Waals surface area contributed by atoms with Crippen LogP contribution in [0.5, 0.6) is 0 Å². The van der Waals surface area contributed by atoms with Crippen LogP contribution in [-0.2, 0) is 10.2 Å². The molecule has 3 heterocycles. The fourth-order valence-electron chi connectivity index (χ4n) is 2.28. The van der Waals surface area contributed by atoms with Crippen LogP contribution in [-0.4, -0.2) is 51.9 Å². The third kappa shape index (κ3) is 3.46. The lowest BCUT2D eigenvalue weighted by molar-refractivity contribution is 0.0324. The van der Waals surface area contributed by atoms with Crippen LogP contribution >= 0.6 is 11.3 Å². The van der Waals surface area contributed by atoms with Gasteiger partial charge in [0.1, 0.15) is 10.7 Å². The van der Waals surface area contributed by atoms with E-state index in [9.17, 15) is 9.59 Å². The van der Waals surface area contributed by atoms with Crippen molar-refractivity contribution in [3.63, 3.8) is 0 Å². The number of likely N-dealkylation sites (N-methyl/N-ethyl adjacent to an activating group) is 1. The van der Waals surface area contributed by atoms with Crippen LogP contribution in [0.2, 0.25) is 0 Å². The van der Waals surface area contributed by atoms with Crippen molar-refractivity contribution in [2.45, 2.75) is 32.4 Å². The Kier molecular flexibility index (Phi) is 4.42. The third-order valence-electron chi connectivity index (χ3n) is 3.63. The maximum absolute atomic E-state index is 12.5. The highest BCUT2D eigenvalue weighted by Crippen LogP contribution is 2.33. The molecule has 1 aliphatic rings. The molecule has 0 N–H and O–H groups in total. The predicted octanol–water partition coefficient (Wildman–Crippen LogP) is 2.29. The molecule has 0 bridgehead atoms. The summed E-state index contributed by atoms with van der Waals surface area (Å²) < 4.78 is 5.50. The van der Waals surface area contributed by atoms with Crippen molar-refractivity contribution >= 4 is 28.5 Å². The van der Waals surface area contributed by atoms with Crippen LogP contribution in [0.25, 0.3) is 0 Å². The molecule has 9 heteroatoms. The third-order valence-corrected chi connectivity index (χ3v) is 4.98. The zero-order chi connectivity index (χ0) is 18.2. The summed E-state index contributed by atoms with van der Waals surface area (Å²) in [6, 6.07) is 4.70. The Labute approximate surface area is 149 Å². The van der Waals surface area contributed by atoms with E-state index in [-0.39, 0.29) is 23.7 Å². The second-order valence-electron chi connectivity index (χ2n) is 6.75. The molecule has 1 saturated heterocycles. The molecule has 0 radical (unpaired) electrons. The molecule has 0 aromatic carbocycles. The number of amides is 2. The Bertz CT molecular complexity index is 787. The quantitative estimate of drug-likeness (QED) is 0.779. The molecule has 0 spiro atoms. The number of urea groups is 1. The second-order valence-corrected chi connectivity index (χ2v) is 7.70. The first kappa shape index (κ1) is 17.3. The number of hydrogen-bond donors (Lipinski definition) is 0. The van der Waals surface area contributed by atoms with Crippen molar-refractivity contribution in [2.75, 3.05) is 18.5 Å². The Balaban J connectivity index is 1.84. The monoisotopic (exact) mass is 361 g/mol. The molecule has 2 amide bonds. The minimum absolute atomic E-state index is 0.176. The lowest BCUT2D eigenvalue weighted by atomic mass is 9.98. The summed E-state index contributed by atoms with van der Waals surface area (Å²) in [5, 5.41) is 9.51. The Morgan fingerprint density at radius 1 is 1.32 bits per heavy atom. The highest BCUT2D eigenvalue weighted by atomic mass is 32.1. The summed E-state index contributed by atoms with van der Waals surface area (Å²) >= 11 is 1.32. The maximum atomic E-state index is 12.5. The van der Waals surface area contributed by atoms with Gasteiger partial charge in [0.2, 0.25) is 11.4 Å². The fraction of sp³-hybridized carbons (Fsp3) is 0.438. The number of carbonyl (C=O) groups is 2. The fourth-order valence-corrected chi connectivity index (χ4v) is 3.22. The topological polar surface area (TPSA) is 88.5 Å². The Morgan fingerprint density at radius 2 is 2.08 bits per heavy atom. The summed E-state index contributed by atoms with van der Waals surface area (Å²) in [4.78, 5) is 31.6. The van der Waals surface area contributed by atoms with Gasteiger partial charge in [-0.2, -0.15) is 0 Å². The highest BCUT2D eigenvalue weighted by molar-refractivity contribution is 7.15. The van der Waals surface area contributed by atoms with Gasteiger partial charge in [0.05, 0.1) is 6.54 Å². The van der Waals surface area contributed by atoms with Crippen LogP contribution < -0.4 is 4.90 Å². The first-order chi connectivity index (χ1) is 11.8. The highest BCUT2D eigenvalue weighted by Gasteiger charge is 2.41. The number of anilines is 1. The van der Waals surface area contributed by atoms with Gasteiger partial charge in [0.25, 0.3) is 0 Å². The van der Waals surface area contributed by atoms with Crippen LogP contribution in [0, 0.1) is 0 Å². The van der Waals surface area contributed by atoms with Gasteiger partial charge in [-0.3, -0.25) is 0 Å². The van der Waals surface area contributed by atoms with Gasteiger partial charge in [-0.1, -0.05) is 38.2 Å². The SMILES string of the molecule is CN1CC(OC(=O)c2ccccn2)N(c2nnc(C(C)(C)C)s2)C1=O. The number of esters is 1. The molecular weight excluding hydrogens is 342 g/mol. The van der Waals surface area contributed by atoms with E-state index in [1.807, 2.05) is 20.8 Å². The van der Waals surface area contributed by atoms with Crippen molar-refractivity contribution in [3.8, 4) is 0 Å². The smallest absolute Gasteiger partial charge is 0.358 e. The zero-order valence-electron chi connectivity index (χ0n) is 14.5. The molecule has 1 atom stereocenters. The number of aromatic nitrogens is 3. The second kappa shape index (κ2) is 6.40. The van der Waals surface area contributed by atoms with E-state index in [4.69, 9.17) is 4.74 Å². The summed E-state index contributed by atoms with van der Waals surface area (Å²) in [5.41, 5.74) is 0.0159. The van der Waals surface area contributed by atoms with E-state index in [0.717, 1.165) is 5.01 Å². The normalized spacial score (nSPS) is 17.9. The predicted molar refractivity (Wildman–Crippen MR) is 92.6 cm³/mol. The lowest BCUT2D eigenvalue weighted by Crippen LogP contribution is -2.37. The molecule has 1 aliphatic heterocycles. The molecule has 1 unspecified atom stereocenters. The minimum atomic E-state index is -0.771. The average molecular weight is 361 g/mol. The first-order valence-corrected chi connectivity index (χ1v) is 8.59. The maximum Gasteiger partial charge on any atom is 0.358 e. The number of rotatable bonds is 3. The van der Waals surface area contributed by atoms with Gasteiger partial charge in [0, 0.05) is 18.7 Å². The zero-order valence-corrected chi connectivity index (χ0v) is 15.3. The number of hydrogen-bond acceptors (Lipinski definition) is 7. The molecule has 0 saturated carbocycles. The summed E-state index contributed by atoms with van der Waals surface area (Å²) in [7, 11) is 1.65. The summed E-state index contributed by atoms with van der Waals surface area (Å²) in [5.74, 6) is -0.584. The first-order valence-electron chi connectivity index (χ1n) is 7.77. The van der Waals surface area contributed by atoms with Crippen molar-refractivity contribution in [2.24, 2.45) is 0 Å². The van der Waals surface area contributed by atoms with Crippen LogP contribution in [0.15, 0.2) is 24.4 Å². The molecule has 8 nitrogen and oxygen atoms in total. The van der Waals surface area contributed by atoms with Crippen molar-refractivity contribution < 1.29 is 14.3 Å². The van der Waals surface area contributed by atoms with Crippen molar-refractivity contribution in [3.05, 3.63) is 35.1 Å². The molecule has 1 fully saturated rings. The number of carbonyl (C=O) groups excluding carboxylic acids is 2. The van der Waals surface area contributed by atoms with Crippen LogP contribution in [0.4, 0.5) is 9.93 Å². The number of pyridine rings is 1. The largest absolute Gasteiger partial charge is 0.434 e. The number of ether oxygens (including phenoxy) is 1. The molecule has 132 valence electrons. The van der Waals surface area contributed by atoms with E-state index in [2.05, 4.69) is 15.2 Å². The number of nitrogens with zero attached hydrogens (tertiary/aromatic N) is 5. The molecule has 3 rings (SSSR count). The van der Waals surface area contributed by atoms with Crippen molar-refractivity contribution in [1.29, 1.82) is 0 Å². The van der Waals surface area contributed by atoms with Gasteiger partial charge in [-0.15, -0.1) is 10.2 Å². The molecule has 25 heavy (non-hydrogen) atoms. The van der Waals surface area contributed by atoms with E-state index in [1.54, 1.807) is 25.2 Å². The van der Waals surface area contributed by atoms with Crippen molar-refractivity contribution in [1.82, 2.24) is 20.1 Å². The van der Waals surface area contributed by atoms with Crippen LogP contribution in [0.3, 0.4) is 0 Å². The minimum Gasteiger partial charge on any atom is -0.434 e. The molecule has 2 aromatic heterocycles. The van der Waals surface area contributed by atoms with Gasteiger partial charge in [0.15, 0.2) is 0 Å². The van der Waals surface area contributed by atoms with E-state index in [1.165, 1.54) is 27.3 Å². The van der Waals surface area contributed by atoms with E-state index >= 15 is 0 Å². The van der Waals surface area contributed by atoms with E-state index in [0.29, 0.717) is 5.13 Å². The summed E-state index contributed by atoms with van der Waals surface area (Å²) in [6.07, 6.45) is 0.744. The van der Waals surface area contributed by atoms with Gasteiger partial charge in [-0.25, -0.2) is 19.5 Å². The average Bonchev–Trinajstić information content (AvgIpc) is 3.14. The van der Waals surface area contributed by atoms with Gasteiger partial charge in [-0.05, 0) is 12.1 Å². The Hall–Kier alpha value is -2.55. The molecule has 2 aromatic rings. The standard InChI is InChI=1S/C16H19N5O3S/c1-16(2,3)13-18-19-14(25-13)21-11(9-20(4)15(21)23)24-12(22)10-7-5-6-8-17-10/h5-8,11H,9H2,1-4H3. The van der Waals surface area contributed by atoms with Gasteiger partial charge < -0.3 is 9.64 Å². The van der Waals surface area contributed by atoms with Gasteiger partial charge >= 0.3 is 12.0 Å². The van der Waals surface area contributed by atoms with E-state index < -0.39 is 12.2 Å². The molecule has 0 aliphatic carbocycles. The lowest BCUT2D eigenvalue weighted by Gasteiger charge is -2.19.